The third-order valence-corrected chi connectivity index (χ3v) is 6.18. The van der Waals surface area contributed by atoms with Crippen LogP contribution in [0, 0.1) is 27.7 Å². The highest BCUT2D eigenvalue weighted by Gasteiger charge is 2.18. The number of fused-ring (bicyclic) bond motifs is 2. The predicted molar refractivity (Wildman–Crippen MR) is 114 cm³/mol. The van der Waals surface area contributed by atoms with E-state index in [9.17, 15) is 9.59 Å². The van der Waals surface area contributed by atoms with Crippen molar-refractivity contribution in [1.29, 1.82) is 0 Å². The van der Waals surface area contributed by atoms with Gasteiger partial charge in [-0.05, 0) is 39.3 Å². The molecule has 1 amide bonds. The fourth-order valence-corrected chi connectivity index (χ4v) is 4.61. The van der Waals surface area contributed by atoms with E-state index >= 15 is 0 Å². The number of rotatable bonds is 4. The van der Waals surface area contributed by atoms with E-state index in [1.54, 1.807) is 10.7 Å². The van der Waals surface area contributed by atoms with E-state index in [0.29, 0.717) is 35.4 Å². The molecule has 4 rings (SSSR count). The number of carbonyl (C=O) groups excluding carboxylic acids is 1. The summed E-state index contributed by atoms with van der Waals surface area (Å²) >= 11 is 1.52. The smallest absolute Gasteiger partial charge is 0.259 e. The summed E-state index contributed by atoms with van der Waals surface area (Å²) in [7, 11) is 1.82. The largest absolute Gasteiger partial charge is 0.352 e. The van der Waals surface area contributed by atoms with E-state index in [2.05, 4.69) is 25.4 Å². The van der Waals surface area contributed by atoms with Gasteiger partial charge in [-0.25, -0.2) is 9.97 Å². The summed E-state index contributed by atoms with van der Waals surface area (Å²) in [4.78, 5) is 38.9. The van der Waals surface area contributed by atoms with Crippen LogP contribution in [0.5, 0.6) is 0 Å². The second kappa shape index (κ2) is 7.07. The van der Waals surface area contributed by atoms with Crippen molar-refractivity contribution in [3.8, 4) is 0 Å². The molecule has 4 heterocycles. The number of nitrogens with zero attached hydrogens (tertiary/aromatic N) is 4. The molecule has 8 nitrogen and oxygen atoms in total. The molecule has 0 saturated heterocycles. The molecule has 0 spiro atoms. The summed E-state index contributed by atoms with van der Waals surface area (Å²) in [6, 6.07) is 1.77. The second-order valence-electron chi connectivity index (χ2n) is 7.20. The number of carbonyl (C=O) groups is 1. The maximum Gasteiger partial charge on any atom is 0.259 e. The van der Waals surface area contributed by atoms with E-state index in [-0.39, 0.29) is 11.5 Å². The fraction of sp³-hybridized carbons (Fsp3) is 0.350. The van der Waals surface area contributed by atoms with Gasteiger partial charge in [0.1, 0.15) is 10.7 Å². The summed E-state index contributed by atoms with van der Waals surface area (Å²) in [6.45, 7) is 8.00. The molecule has 0 radical (unpaired) electrons. The topological polar surface area (TPSA) is 106 Å². The Hall–Kier alpha value is -3.07. The zero-order valence-electron chi connectivity index (χ0n) is 17.0. The van der Waals surface area contributed by atoms with Crippen LogP contribution in [0.4, 0.5) is 0 Å². The first-order chi connectivity index (χ1) is 13.8. The number of hydrogen-bond donors (Lipinski definition) is 2. The Morgan fingerprint density at radius 3 is 2.72 bits per heavy atom. The Morgan fingerprint density at radius 2 is 1.97 bits per heavy atom. The molecular formula is C20H22N6O2S. The lowest BCUT2D eigenvalue weighted by Crippen LogP contribution is -2.27. The summed E-state index contributed by atoms with van der Waals surface area (Å²) in [5.74, 6) is 0.375. The van der Waals surface area contributed by atoms with Gasteiger partial charge in [0.05, 0.1) is 22.0 Å². The average Bonchev–Trinajstić information content (AvgIpc) is 3.10. The Labute approximate surface area is 171 Å². The predicted octanol–water partition coefficient (Wildman–Crippen LogP) is 2.47. The van der Waals surface area contributed by atoms with Crippen molar-refractivity contribution in [3.05, 3.63) is 49.6 Å². The van der Waals surface area contributed by atoms with Crippen LogP contribution >= 0.6 is 11.3 Å². The third kappa shape index (κ3) is 3.31. The van der Waals surface area contributed by atoms with Crippen LogP contribution in [-0.2, 0) is 13.5 Å². The molecule has 0 aliphatic rings. The zero-order chi connectivity index (χ0) is 20.9. The first kappa shape index (κ1) is 19.3. The van der Waals surface area contributed by atoms with Crippen LogP contribution in [0.15, 0.2) is 10.9 Å². The van der Waals surface area contributed by atoms with Crippen LogP contribution in [0.25, 0.3) is 21.3 Å². The lowest BCUT2D eigenvalue weighted by Gasteiger charge is -2.08. The Balaban J connectivity index is 1.55. The van der Waals surface area contributed by atoms with Gasteiger partial charge in [-0.3, -0.25) is 14.3 Å². The van der Waals surface area contributed by atoms with Crippen LogP contribution in [0.1, 0.15) is 38.0 Å². The van der Waals surface area contributed by atoms with Crippen LogP contribution in [-0.4, -0.2) is 37.2 Å². The molecular weight excluding hydrogens is 388 g/mol. The number of H-pyrrole nitrogens is 1. The van der Waals surface area contributed by atoms with Gasteiger partial charge in [0.15, 0.2) is 5.65 Å². The molecule has 0 bridgehead atoms. The van der Waals surface area contributed by atoms with Gasteiger partial charge in [0.25, 0.3) is 11.5 Å². The molecule has 4 aromatic heterocycles. The highest BCUT2D eigenvalue weighted by atomic mass is 32.1. The Bertz CT molecular complexity index is 1330. The molecule has 29 heavy (non-hydrogen) atoms. The van der Waals surface area contributed by atoms with E-state index in [0.717, 1.165) is 32.0 Å². The molecule has 0 saturated carbocycles. The van der Waals surface area contributed by atoms with Gasteiger partial charge in [0, 0.05) is 30.6 Å². The summed E-state index contributed by atoms with van der Waals surface area (Å²) in [5.41, 5.74) is 3.61. The second-order valence-corrected chi connectivity index (χ2v) is 8.40. The first-order valence-electron chi connectivity index (χ1n) is 9.34. The van der Waals surface area contributed by atoms with E-state index < -0.39 is 0 Å². The van der Waals surface area contributed by atoms with Gasteiger partial charge >= 0.3 is 0 Å². The van der Waals surface area contributed by atoms with Crippen molar-refractivity contribution in [3.63, 3.8) is 0 Å². The standard InChI is InChI=1S/C20H22N6O2S/c1-9-8-13(16-11(3)25-26(5)17(16)22-9)18(27)21-7-6-14-23-19(28)15-10(2)12(4)29-20(15)24-14/h8H,6-7H2,1-5H3,(H,21,27)(H,23,24,28). The van der Waals surface area contributed by atoms with Crippen molar-refractivity contribution < 1.29 is 4.79 Å². The number of thiophene rings is 1. The monoisotopic (exact) mass is 410 g/mol. The lowest BCUT2D eigenvalue weighted by atomic mass is 10.1. The molecule has 9 heteroatoms. The minimum atomic E-state index is -0.192. The zero-order valence-corrected chi connectivity index (χ0v) is 17.8. The number of amides is 1. The van der Waals surface area contributed by atoms with Crippen molar-refractivity contribution in [2.45, 2.75) is 34.1 Å². The van der Waals surface area contributed by atoms with E-state index in [1.807, 2.05) is 34.7 Å². The van der Waals surface area contributed by atoms with Crippen LogP contribution in [0.2, 0.25) is 0 Å². The fourth-order valence-electron chi connectivity index (χ4n) is 3.56. The van der Waals surface area contributed by atoms with Crippen molar-refractivity contribution in [2.24, 2.45) is 7.05 Å². The summed E-state index contributed by atoms with van der Waals surface area (Å²) < 4.78 is 1.68. The van der Waals surface area contributed by atoms with Crippen LogP contribution in [0.3, 0.4) is 0 Å². The molecule has 0 atom stereocenters. The van der Waals surface area contributed by atoms with Gasteiger partial charge in [-0.1, -0.05) is 0 Å². The molecule has 0 aromatic carbocycles. The highest BCUT2D eigenvalue weighted by Crippen LogP contribution is 2.25. The van der Waals surface area contributed by atoms with Gasteiger partial charge < -0.3 is 10.3 Å². The number of aromatic nitrogens is 5. The quantitative estimate of drug-likeness (QED) is 0.538. The van der Waals surface area contributed by atoms with Crippen LogP contribution < -0.4 is 10.9 Å². The van der Waals surface area contributed by atoms with E-state index in [4.69, 9.17) is 0 Å². The SMILES string of the molecule is Cc1cc(C(=O)NCCc2nc3sc(C)c(C)c3c(=O)[nH]2)c2c(C)nn(C)c2n1. The maximum absolute atomic E-state index is 12.8. The average molecular weight is 411 g/mol. The summed E-state index contributed by atoms with van der Waals surface area (Å²) in [6.07, 6.45) is 0.437. The van der Waals surface area contributed by atoms with Crippen molar-refractivity contribution in [1.82, 2.24) is 30.0 Å². The van der Waals surface area contributed by atoms with Gasteiger partial charge in [0.2, 0.25) is 0 Å². The lowest BCUT2D eigenvalue weighted by molar-refractivity contribution is 0.0955. The Morgan fingerprint density at radius 1 is 1.21 bits per heavy atom. The molecule has 150 valence electrons. The van der Waals surface area contributed by atoms with Gasteiger partial charge in [-0.2, -0.15) is 5.10 Å². The molecule has 0 aliphatic heterocycles. The number of nitrogens with one attached hydrogen (secondary N) is 2. The number of aromatic amines is 1. The molecule has 4 aromatic rings. The molecule has 0 aliphatic carbocycles. The van der Waals surface area contributed by atoms with Crippen molar-refractivity contribution in [2.75, 3.05) is 6.54 Å². The van der Waals surface area contributed by atoms with E-state index in [1.165, 1.54) is 11.3 Å². The maximum atomic E-state index is 12.8. The molecule has 0 unspecified atom stereocenters. The highest BCUT2D eigenvalue weighted by molar-refractivity contribution is 7.18. The summed E-state index contributed by atoms with van der Waals surface area (Å²) in [5, 5.41) is 8.71. The molecule has 2 N–H and O–H groups in total. The number of aryl methyl sites for hydroxylation is 5. The number of pyridine rings is 1. The molecule has 0 fully saturated rings. The van der Waals surface area contributed by atoms with Gasteiger partial charge in [-0.15, -0.1) is 11.3 Å². The minimum absolute atomic E-state index is 0.129. The first-order valence-corrected chi connectivity index (χ1v) is 10.2. The third-order valence-electron chi connectivity index (χ3n) is 5.08. The Kier molecular flexibility index (Phi) is 4.70. The van der Waals surface area contributed by atoms with Crippen molar-refractivity contribution >= 4 is 38.5 Å². The minimum Gasteiger partial charge on any atom is -0.352 e. The number of hydrogen-bond acceptors (Lipinski definition) is 6. The normalized spacial score (nSPS) is 11.5.